The molecule has 6 N–H and O–H groups in total. The first-order valence-corrected chi connectivity index (χ1v) is 15.5. The molecular weight excluding hydrogens is 576 g/mol. The van der Waals surface area contributed by atoms with Gasteiger partial charge in [-0.1, -0.05) is 48.5 Å². The molecule has 4 aromatic carbocycles. The van der Waals surface area contributed by atoms with Crippen molar-refractivity contribution >= 4 is 39.2 Å². The lowest BCUT2D eigenvalue weighted by atomic mass is 10.0. The van der Waals surface area contributed by atoms with Gasteiger partial charge in [-0.25, -0.2) is 4.98 Å². The van der Waals surface area contributed by atoms with Gasteiger partial charge < -0.3 is 31.1 Å². The van der Waals surface area contributed by atoms with Crippen LogP contribution in [0.5, 0.6) is 5.75 Å². The SMILES string of the molecule is COc1ccc2[nH]c(C)c(CC(=O)N[C@@H](CCCCNC(=O)c3ccccc3N)c3ncc(-c4ccc5ccccc5c4)[nH]3)c2c1. The normalized spacial score (nSPS) is 11.9. The van der Waals surface area contributed by atoms with Crippen molar-refractivity contribution < 1.29 is 14.3 Å². The second kappa shape index (κ2) is 13.6. The van der Waals surface area contributed by atoms with Gasteiger partial charge in [0.25, 0.3) is 5.91 Å². The summed E-state index contributed by atoms with van der Waals surface area (Å²) in [6, 6.07) is 27.0. The molecule has 6 rings (SSSR count). The van der Waals surface area contributed by atoms with Gasteiger partial charge in [0, 0.05) is 34.4 Å². The smallest absolute Gasteiger partial charge is 0.253 e. The number of para-hydroxylation sites is 1. The first-order chi connectivity index (χ1) is 22.4. The van der Waals surface area contributed by atoms with Crippen molar-refractivity contribution in [3.8, 4) is 17.0 Å². The molecule has 2 aromatic heterocycles. The van der Waals surface area contributed by atoms with Gasteiger partial charge in [0.2, 0.25) is 5.91 Å². The van der Waals surface area contributed by atoms with Crippen LogP contribution in [0.2, 0.25) is 0 Å². The molecule has 0 aliphatic heterocycles. The number of hydrogen-bond donors (Lipinski definition) is 5. The van der Waals surface area contributed by atoms with E-state index in [0.717, 1.165) is 57.4 Å². The number of amides is 2. The molecule has 0 spiro atoms. The fourth-order valence-electron chi connectivity index (χ4n) is 5.89. The van der Waals surface area contributed by atoms with Crippen LogP contribution in [0.25, 0.3) is 32.9 Å². The van der Waals surface area contributed by atoms with E-state index in [4.69, 9.17) is 15.5 Å². The number of hydrogen-bond acceptors (Lipinski definition) is 5. The van der Waals surface area contributed by atoms with E-state index in [1.165, 1.54) is 5.39 Å². The van der Waals surface area contributed by atoms with Crippen LogP contribution in [-0.2, 0) is 11.2 Å². The molecule has 9 heteroatoms. The molecule has 234 valence electrons. The van der Waals surface area contributed by atoms with E-state index >= 15 is 0 Å². The van der Waals surface area contributed by atoms with E-state index in [0.29, 0.717) is 30.0 Å². The van der Waals surface area contributed by atoms with Crippen molar-refractivity contribution in [3.63, 3.8) is 0 Å². The number of nitrogen functional groups attached to an aromatic ring is 1. The summed E-state index contributed by atoms with van der Waals surface area (Å²) in [6.07, 6.45) is 4.15. The van der Waals surface area contributed by atoms with Gasteiger partial charge in [0.15, 0.2) is 0 Å². The minimum absolute atomic E-state index is 0.103. The quantitative estimate of drug-likeness (QED) is 0.0780. The highest BCUT2D eigenvalue weighted by Crippen LogP contribution is 2.28. The maximum atomic E-state index is 13.6. The molecule has 0 radical (unpaired) electrons. The van der Waals surface area contributed by atoms with Gasteiger partial charge in [-0.3, -0.25) is 9.59 Å². The highest BCUT2D eigenvalue weighted by molar-refractivity contribution is 5.99. The minimum atomic E-state index is -0.345. The average molecular weight is 615 g/mol. The summed E-state index contributed by atoms with van der Waals surface area (Å²) in [5.41, 5.74) is 11.6. The Morgan fingerprint density at radius 1 is 0.935 bits per heavy atom. The second-order valence-electron chi connectivity index (χ2n) is 11.5. The highest BCUT2D eigenvalue weighted by atomic mass is 16.5. The summed E-state index contributed by atoms with van der Waals surface area (Å²) in [6.45, 7) is 2.47. The van der Waals surface area contributed by atoms with Crippen LogP contribution in [0.1, 0.15) is 52.7 Å². The standard InChI is InChI=1S/C37H38N6O3/c1-23-29(30-20-27(46-2)16-17-32(30)41-23)21-35(44)42-33(13-7-8-18-39-37(45)28-11-5-6-12-31(28)38)36-40-22-34(43-36)26-15-14-24-9-3-4-10-25(24)19-26/h3-6,9-12,14-17,19-20,22,33,41H,7-8,13,18,21,38H2,1-2H3,(H,39,45)(H,40,43)(H,42,44)/t33-/m0/s1. The summed E-state index contributed by atoms with van der Waals surface area (Å²) < 4.78 is 5.43. The Balaban J connectivity index is 1.17. The predicted octanol–water partition coefficient (Wildman–Crippen LogP) is 6.61. The average Bonchev–Trinajstić information content (AvgIpc) is 3.68. The number of aromatic nitrogens is 3. The van der Waals surface area contributed by atoms with Crippen LogP contribution in [0.15, 0.2) is 91.1 Å². The summed E-state index contributed by atoms with van der Waals surface area (Å²) in [5, 5.41) is 9.47. The molecule has 0 unspecified atom stereocenters. The molecule has 9 nitrogen and oxygen atoms in total. The molecule has 0 bridgehead atoms. The fraction of sp³-hybridized carbons (Fsp3) is 0.216. The van der Waals surface area contributed by atoms with Crippen LogP contribution in [0.3, 0.4) is 0 Å². The largest absolute Gasteiger partial charge is 0.497 e. The van der Waals surface area contributed by atoms with Gasteiger partial charge >= 0.3 is 0 Å². The Morgan fingerprint density at radius 2 is 1.74 bits per heavy atom. The van der Waals surface area contributed by atoms with Crippen molar-refractivity contribution in [3.05, 3.63) is 114 Å². The number of anilines is 1. The Labute approximate surface area is 267 Å². The van der Waals surface area contributed by atoms with E-state index in [1.807, 2.05) is 43.5 Å². The van der Waals surface area contributed by atoms with Gasteiger partial charge in [0.05, 0.1) is 37.0 Å². The molecule has 2 amide bonds. The van der Waals surface area contributed by atoms with Crippen molar-refractivity contribution in [2.45, 2.75) is 38.6 Å². The van der Waals surface area contributed by atoms with E-state index in [9.17, 15) is 9.59 Å². The third-order valence-corrected chi connectivity index (χ3v) is 8.40. The van der Waals surface area contributed by atoms with Crippen LogP contribution in [0, 0.1) is 6.92 Å². The zero-order chi connectivity index (χ0) is 32.0. The zero-order valence-electron chi connectivity index (χ0n) is 26.0. The molecule has 0 saturated carbocycles. The third kappa shape index (κ3) is 6.73. The lowest BCUT2D eigenvalue weighted by Gasteiger charge is -2.17. The van der Waals surface area contributed by atoms with Crippen LogP contribution in [-0.4, -0.2) is 40.4 Å². The predicted molar refractivity (Wildman–Crippen MR) is 183 cm³/mol. The number of nitrogens with one attached hydrogen (secondary N) is 4. The van der Waals surface area contributed by atoms with E-state index in [-0.39, 0.29) is 24.3 Å². The van der Waals surface area contributed by atoms with E-state index < -0.39 is 0 Å². The van der Waals surface area contributed by atoms with Crippen molar-refractivity contribution in [1.82, 2.24) is 25.6 Å². The van der Waals surface area contributed by atoms with Gasteiger partial charge in [-0.05, 0) is 78.9 Å². The molecule has 0 aliphatic rings. The number of nitrogens with zero attached hydrogens (tertiary/aromatic N) is 1. The Hall–Kier alpha value is -5.57. The Kier molecular flexibility index (Phi) is 9.01. The zero-order valence-corrected chi connectivity index (χ0v) is 26.0. The van der Waals surface area contributed by atoms with E-state index in [1.54, 1.807) is 31.4 Å². The maximum absolute atomic E-state index is 13.6. The van der Waals surface area contributed by atoms with Crippen molar-refractivity contribution in [2.75, 3.05) is 19.4 Å². The van der Waals surface area contributed by atoms with Crippen LogP contribution in [0.4, 0.5) is 5.69 Å². The number of ether oxygens (including phenoxy) is 1. The van der Waals surface area contributed by atoms with Gasteiger partial charge in [0.1, 0.15) is 11.6 Å². The Bertz CT molecular complexity index is 2010. The molecule has 2 heterocycles. The number of benzene rings is 4. The summed E-state index contributed by atoms with van der Waals surface area (Å²) in [7, 11) is 1.63. The molecule has 0 fully saturated rings. The number of rotatable bonds is 12. The molecule has 46 heavy (non-hydrogen) atoms. The topological polar surface area (TPSA) is 138 Å². The number of carbonyl (C=O) groups excluding carboxylic acids is 2. The molecule has 1 atom stereocenters. The number of aromatic amines is 2. The first-order valence-electron chi connectivity index (χ1n) is 15.5. The number of imidazole rings is 1. The maximum Gasteiger partial charge on any atom is 0.253 e. The van der Waals surface area contributed by atoms with Gasteiger partial charge in [-0.15, -0.1) is 0 Å². The van der Waals surface area contributed by atoms with Crippen molar-refractivity contribution in [1.29, 1.82) is 0 Å². The third-order valence-electron chi connectivity index (χ3n) is 8.40. The molecule has 6 aromatic rings. The van der Waals surface area contributed by atoms with Gasteiger partial charge in [-0.2, -0.15) is 0 Å². The lowest BCUT2D eigenvalue weighted by molar-refractivity contribution is -0.121. The summed E-state index contributed by atoms with van der Waals surface area (Å²) >= 11 is 0. The lowest BCUT2D eigenvalue weighted by Crippen LogP contribution is -2.31. The summed E-state index contributed by atoms with van der Waals surface area (Å²) in [5.74, 6) is 1.13. The first kappa shape index (κ1) is 30.5. The number of H-pyrrole nitrogens is 2. The van der Waals surface area contributed by atoms with Crippen molar-refractivity contribution in [2.24, 2.45) is 0 Å². The van der Waals surface area contributed by atoms with Crippen LogP contribution >= 0.6 is 0 Å². The molecular formula is C37H38N6O3. The Morgan fingerprint density at radius 3 is 2.57 bits per heavy atom. The number of carbonyl (C=O) groups is 2. The minimum Gasteiger partial charge on any atom is -0.497 e. The number of aryl methyl sites for hydroxylation is 1. The summed E-state index contributed by atoms with van der Waals surface area (Å²) in [4.78, 5) is 37.7. The van der Waals surface area contributed by atoms with E-state index in [2.05, 4.69) is 50.9 Å². The molecule has 0 saturated heterocycles. The fourth-order valence-corrected chi connectivity index (χ4v) is 5.89. The number of nitrogens with two attached hydrogens (primary N) is 1. The molecule has 0 aliphatic carbocycles. The highest BCUT2D eigenvalue weighted by Gasteiger charge is 2.21. The number of fused-ring (bicyclic) bond motifs is 2. The monoisotopic (exact) mass is 614 g/mol. The second-order valence-corrected chi connectivity index (χ2v) is 11.5. The number of methoxy groups -OCH3 is 1. The van der Waals surface area contributed by atoms with Crippen LogP contribution < -0.4 is 21.1 Å². The number of unbranched alkanes of at least 4 members (excludes halogenated alkanes) is 1.